The zero-order valence-electron chi connectivity index (χ0n) is 11.6. The minimum Gasteiger partial charge on any atom is -0.492 e. The zero-order valence-corrected chi connectivity index (χ0v) is 16.1. The highest BCUT2D eigenvalue weighted by Gasteiger charge is 2.12. The molecule has 0 saturated heterocycles. The molecular formula is C16H16BrClINO. The lowest BCUT2D eigenvalue weighted by Gasteiger charge is -2.15. The number of hydrogen-bond acceptors (Lipinski definition) is 2. The zero-order chi connectivity index (χ0) is 15.4. The van der Waals surface area contributed by atoms with Crippen LogP contribution in [0.5, 0.6) is 5.75 Å². The van der Waals surface area contributed by atoms with Crippen molar-refractivity contribution in [3.05, 3.63) is 60.6 Å². The number of nitrogens with two attached hydrogens (primary N) is 1. The van der Waals surface area contributed by atoms with Crippen molar-refractivity contribution in [2.24, 2.45) is 5.73 Å². The van der Waals surface area contributed by atoms with Gasteiger partial charge in [0.1, 0.15) is 5.75 Å². The highest BCUT2D eigenvalue weighted by atomic mass is 127. The van der Waals surface area contributed by atoms with E-state index in [1.165, 1.54) is 0 Å². The summed E-state index contributed by atoms with van der Waals surface area (Å²) >= 11 is 11.9. The summed E-state index contributed by atoms with van der Waals surface area (Å²) in [7, 11) is 0. The van der Waals surface area contributed by atoms with Gasteiger partial charge in [-0.1, -0.05) is 30.7 Å². The van der Waals surface area contributed by atoms with Crippen molar-refractivity contribution in [3.63, 3.8) is 0 Å². The predicted octanol–water partition coefficient (Wildman–Crippen LogP) is 5.54. The maximum atomic E-state index is 6.33. The lowest BCUT2D eigenvalue weighted by Crippen LogP contribution is -2.12. The van der Waals surface area contributed by atoms with E-state index in [4.69, 9.17) is 22.1 Å². The van der Waals surface area contributed by atoms with Gasteiger partial charge in [-0.2, -0.15) is 0 Å². The van der Waals surface area contributed by atoms with Crippen LogP contribution in [-0.4, -0.2) is 6.61 Å². The first-order valence-corrected chi connectivity index (χ1v) is 8.90. The first kappa shape index (κ1) is 17.1. The molecule has 5 heteroatoms. The number of hydrogen-bond donors (Lipinski definition) is 1. The van der Waals surface area contributed by atoms with Crippen LogP contribution in [0.1, 0.15) is 30.5 Å². The quantitative estimate of drug-likeness (QED) is 0.570. The minimum absolute atomic E-state index is 0.212. The molecule has 0 amide bonds. The number of rotatable bonds is 5. The van der Waals surface area contributed by atoms with E-state index >= 15 is 0 Å². The molecule has 0 saturated carbocycles. The van der Waals surface area contributed by atoms with Gasteiger partial charge in [0, 0.05) is 3.57 Å². The SMILES string of the molecule is CCCOc1ccc(C(N)c2ccc(I)c(Cl)c2)cc1Br. The third-order valence-corrected chi connectivity index (χ3v) is 5.27. The smallest absolute Gasteiger partial charge is 0.133 e. The van der Waals surface area contributed by atoms with Gasteiger partial charge in [0.25, 0.3) is 0 Å². The van der Waals surface area contributed by atoms with Crippen LogP contribution in [0.25, 0.3) is 0 Å². The van der Waals surface area contributed by atoms with Crippen LogP contribution >= 0.6 is 50.1 Å². The summed E-state index contributed by atoms with van der Waals surface area (Å²) in [6.07, 6.45) is 0.981. The van der Waals surface area contributed by atoms with Gasteiger partial charge in [0.05, 0.1) is 22.1 Å². The normalized spacial score (nSPS) is 12.2. The van der Waals surface area contributed by atoms with Crippen LogP contribution in [0.4, 0.5) is 0 Å². The summed E-state index contributed by atoms with van der Waals surface area (Å²) in [5, 5.41) is 0.727. The summed E-state index contributed by atoms with van der Waals surface area (Å²) in [6.45, 7) is 2.79. The second kappa shape index (κ2) is 7.81. The van der Waals surface area contributed by atoms with Crippen molar-refractivity contribution in [1.29, 1.82) is 0 Å². The van der Waals surface area contributed by atoms with Gasteiger partial charge in [0.2, 0.25) is 0 Å². The van der Waals surface area contributed by atoms with E-state index in [9.17, 15) is 0 Å². The van der Waals surface area contributed by atoms with Crippen molar-refractivity contribution in [3.8, 4) is 5.75 Å². The Balaban J connectivity index is 2.24. The molecule has 2 aromatic carbocycles. The Hall–Kier alpha value is -0.300. The van der Waals surface area contributed by atoms with Crippen molar-refractivity contribution < 1.29 is 4.74 Å². The average Bonchev–Trinajstić information content (AvgIpc) is 2.48. The first-order valence-electron chi connectivity index (χ1n) is 6.65. The molecule has 21 heavy (non-hydrogen) atoms. The molecule has 0 aromatic heterocycles. The number of ether oxygens (including phenoxy) is 1. The fraction of sp³-hybridized carbons (Fsp3) is 0.250. The monoisotopic (exact) mass is 479 g/mol. The van der Waals surface area contributed by atoms with E-state index in [0.717, 1.165) is 36.4 Å². The van der Waals surface area contributed by atoms with E-state index in [2.05, 4.69) is 45.4 Å². The molecule has 2 aromatic rings. The molecule has 0 spiro atoms. The van der Waals surface area contributed by atoms with Gasteiger partial charge >= 0.3 is 0 Å². The van der Waals surface area contributed by atoms with Gasteiger partial charge in [-0.25, -0.2) is 0 Å². The maximum absolute atomic E-state index is 6.33. The van der Waals surface area contributed by atoms with Gasteiger partial charge in [-0.05, 0) is 80.3 Å². The van der Waals surface area contributed by atoms with Crippen LogP contribution in [0.15, 0.2) is 40.9 Å². The molecule has 112 valence electrons. The highest BCUT2D eigenvalue weighted by molar-refractivity contribution is 14.1. The summed E-state index contributed by atoms with van der Waals surface area (Å²) in [4.78, 5) is 0. The van der Waals surface area contributed by atoms with Crippen molar-refractivity contribution in [1.82, 2.24) is 0 Å². The molecule has 0 aliphatic rings. The summed E-state index contributed by atoms with van der Waals surface area (Å²) in [5.74, 6) is 0.841. The Labute approximate surface area is 152 Å². The Morgan fingerprint density at radius 3 is 2.52 bits per heavy atom. The van der Waals surface area contributed by atoms with Gasteiger partial charge in [0.15, 0.2) is 0 Å². The second-order valence-corrected chi connectivity index (χ2v) is 7.11. The van der Waals surface area contributed by atoms with Gasteiger partial charge in [-0.15, -0.1) is 0 Å². The Kier molecular flexibility index (Phi) is 6.34. The third-order valence-electron chi connectivity index (χ3n) is 3.08. The van der Waals surface area contributed by atoms with E-state index in [0.29, 0.717) is 6.61 Å². The fourth-order valence-corrected chi connectivity index (χ4v) is 2.97. The highest BCUT2D eigenvalue weighted by Crippen LogP contribution is 2.31. The molecule has 2 rings (SSSR count). The third kappa shape index (κ3) is 4.34. The summed E-state index contributed by atoms with van der Waals surface area (Å²) in [5.41, 5.74) is 8.34. The first-order chi connectivity index (χ1) is 10.0. The van der Waals surface area contributed by atoms with Crippen LogP contribution in [0.2, 0.25) is 5.02 Å². The van der Waals surface area contributed by atoms with Crippen molar-refractivity contribution >= 4 is 50.1 Å². The van der Waals surface area contributed by atoms with Crippen LogP contribution in [0.3, 0.4) is 0 Å². The van der Waals surface area contributed by atoms with E-state index in [-0.39, 0.29) is 6.04 Å². The molecule has 0 bridgehead atoms. The van der Waals surface area contributed by atoms with Crippen molar-refractivity contribution in [2.75, 3.05) is 6.61 Å². The topological polar surface area (TPSA) is 35.2 Å². The largest absolute Gasteiger partial charge is 0.492 e. The van der Waals surface area contributed by atoms with Gasteiger partial charge in [-0.3, -0.25) is 0 Å². The lowest BCUT2D eigenvalue weighted by atomic mass is 10.00. The molecular weight excluding hydrogens is 464 g/mol. The van der Waals surface area contributed by atoms with E-state index in [1.54, 1.807) is 0 Å². The van der Waals surface area contributed by atoms with Gasteiger partial charge < -0.3 is 10.5 Å². The maximum Gasteiger partial charge on any atom is 0.133 e. The van der Waals surface area contributed by atoms with Crippen LogP contribution in [0, 0.1) is 3.57 Å². The van der Waals surface area contributed by atoms with E-state index < -0.39 is 0 Å². The van der Waals surface area contributed by atoms with Crippen molar-refractivity contribution in [2.45, 2.75) is 19.4 Å². The molecule has 0 aliphatic carbocycles. The number of halogens is 3. The predicted molar refractivity (Wildman–Crippen MR) is 100 cm³/mol. The molecule has 1 unspecified atom stereocenters. The Morgan fingerprint density at radius 2 is 1.90 bits per heavy atom. The molecule has 2 N–H and O–H groups in total. The summed E-state index contributed by atoms with van der Waals surface area (Å²) in [6, 6.07) is 11.6. The standard InChI is InChI=1S/C16H16BrClINO/c1-2-7-21-15-6-4-10(8-12(15)17)16(20)11-3-5-14(19)13(18)9-11/h3-6,8-9,16H,2,7,20H2,1H3. The lowest BCUT2D eigenvalue weighted by molar-refractivity contribution is 0.315. The van der Waals surface area contributed by atoms with Crippen LogP contribution < -0.4 is 10.5 Å². The Morgan fingerprint density at radius 1 is 1.24 bits per heavy atom. The average molecular weight is 481 g/mol. The fourth-order valence-electron chi connectivity index (χ4n) is 1.94. The molecule has 0 aliphatic heterocycles. The minimum atomic E-state index is -0.212. The summed E-state index contributed by atoms with van der Waals surface area (Å²) < 4.78 is 7.59. The molecule has 0 heterocycles. The molecule has 0 radical (unpaired) electrons. The molecule has 2 nitrogen and oxygen atoms in total. The van der Waals surface area contributed by atoms with Crippen LogP contribution in [-0.2, 0) is 0 Å². The molecule has 0 fully saturated rings. The van der Waals surface area contributed by atoms with E-state index in [1.807, 2.05) is 36.4 Å². The number of benzene rings is 2. The molecule has 1 atom stereocenters. The Bertz CT molecular complexity index is 636. The second-order valence-electron chi connectivity index (χ2n) is 4.69.